The van der Waals surface area contributed by atoms with Crippen LogP contribution in [0.15, 0.2) is 18.2 Å². The second-order valence-electron chi connectivity index (χ2n) is 4.26. The van der Waals surface area contributed by atoms with E-state index in [4.69, 9.17) is 4.74 Å². The van der Waals surface area contributed by atoms with Crippen LogP contribution in [-0.4, -0.2) is 12.4 Å². The molecule has 0 unspecified atom stereocenters. The van der Waals surface area contributed by atoms with E-state index in [9.17, 15) is 4.79 Å². The number of carbonyl (C=O) groups is 1. The highest BCUT2D eigenvalue weighted by molar-refractivity contribution is 5.99. The van der Waals surface area contributed by atoms with Gasteiger partial charge in [0.1, 0.15) is 5.75 Å². The lowest BCUT2D eigenvalue weighted by molar-refractivity contribution is 0.0971. The van der Waals surface area contributed by atoms with Crippen LogP contribution in [0.2, 0.25) is 0 Å². The van der Waals surface area contributed by atoms with Gasteiger partial charge < -0.3 is 4.74 Å². The van der Waals surface area contributed by atoms with E-state index < -0.39 is 0 Å². The molecular weight excluding hydrogens is 200 g/mol. The summed E-state index contributed by atoms with van der Waals surface area (Å²) in [6.45, 7) is 2.90. The van der Waals surface area contributed by atoms with Crippen LogP contribution >= 0.6 is 0 Å². The first-order chi connectivity index (χ1) is 7.83. The molecule has 2 heteroatoms. The number of rotatable bonds is 4. The molecule has 0 N–H and O–H groups in total. The normalized spacial score (nSPS) is 14.7. The quantitative estimate of drug-likeness (QED) is 0.724. The zero-order valence-corrected chi connectivity index (χ0v) is 9.79. The fourth-order valence-corrected chi connectivity index (χ4v) is 2.11. The van der Waals surface area contributed by atoms with Crippen molar-refractivity contribution in [2.45, 2.75) is 39.0 Å². The predicted molar refractivity (Wildman–Crippen MR) is 64.1 cm³/mol. The summed E-state index contributed by atoms with van der Waals surface area (Å²) in [5, 5.41) is 0. The van der Waals surface area contributed by atoms with Crippen LogP contribution in [0.3, 0.4) is 0 Å². The fourth-order valence-electron chi connectivity index (χ4n) is 2.11. The monoisotopic (exact) mass is 218 g/mol. The molecule has 0 spiro atoms. The molecule has 2 nitrogen and oxygen atoms in total. The summed E-state index contributed by atoms with van der Waals surface area (Å²) < 4.78 is 5.74. The minimum Gasteiger partial charge on any atom is -0.493 e. The standard InChI is InChI=1S/C14H18O2/c1-2-3-10-16-14-9-5-6-11-12(14)7-4-8-13(11)15/h5-6,9H,2-4,7-8,10H2,1H3. The van der Waals surface area contributed by atoms with E-state index in [1.807, 2.05) is 18.2 Å². The Morgan fingerprint density at radius 1 is 1.31 bits per heavy atom. The van der Waals surface area contributed by atoms with E-state index in [1.54, 1.807) is 0 Å². The van der Waals surface area contributed by atoms with Gasteiger partial charge >= 0.3 is 0 Å². The first kappa shape index (κ1) is 11.2. The van der Waals surface area contributed by atoms with Gasteiger partial charge in [-0.2, -0.15) is 0 Å². The number of carbonyl (C=O) groups excluding carboxylic acids is 1. The van der Waals surface area contributed by atoms with Crippen LogP contribution in [0.1, 0.15) is 48.5 Å². The molecule has 1 aliphatic carbocycles. The van der Waals surface area contributed by atoms with Crippen LogP contribution in [0, 0.1) is 0 Å². The summed E-state index contributed by atoms with van der Waals surface area (Å²) in [4.78, 5) is 11.7. The van der Waals surface area contributed by atoms with Gasteiger partial charge in [0.05, 0.1) is 6.61 Å². The predicted octanol–water partition coefficient (Wildman–Crippen LogP) is 3.38. The molecule has 1 aromatic carbocycles. The van der Waals surface area contributed by atoms with Crippen LogP contribution in [-0.2, 0) is 6.42 Å². The Morgan fingerprint density at radius 2 is 2.19 bits per heavy atom. The van der Waals surface area contributed by atoms with E-state index >= 15 is 0 Å². The summed E-state index contributed by atoms with van der Waals surface area (Å²) in [6.07, 6.45) is 4.82. The Kier molecular flexibility index (Phi) is 3.60. The Morgan fingerprint density at radius 3 is 3.00 bits per heavy atom. The number of benzene rings is 1. The maximum absolute atomic E-state index is 11.7. The summed E-state index contributed by atoms with van der Waals surface area (Å²) in [7, 11) is 0. The Labute approximate surface area is 96.6 Å². The van der Waals surface area contributed by atoms with E-state index in [1.165, 1.54) is 0 Å². The van der Waals surface area contributed by atoms with Gasteiger partial charge in [-0.05, 0) is 25.3 Å². The lowest BCUT2D eigenvalue weighted by atomic mass is 9.90. The van der Waals surface area contributed by atoms with Crippen LogP contribution in [0.25, 0.3) is 0 Å². The summed E-state index contributed by atoms with van der Waals surface area (Å²) in [6, 6.07) is 5.82. The second-order valence-corrected chi connectivity index (χ2v) is 4.26. The number of Topliss-reactive ketones (excluding diaryl/α,β-unsaturated/α-hetero) is 1. The minimum absolute atomic E-state index is 0.266. The summed E-state index contributed by atoms with van der Waals surface area (Å²) >= 11 is 0. The molecule has 0 amide bonds. The number of hydrogen-bond acceptors (Lipinski definition) is 2. The third-order valence-electron chi connectivity index (χ3n) is 3.02. The van der Waals surface area contributed by atoms with Crippen molar-refractivity contribution in [3.63, 3.8) is 0 Å². The Hall–Kier alpha value is -1.31. The SMILES string of the molecule is CCCCOc1cccc2c1CCCC2=O. The van der Waals surface area contributed by atoms with E-state index in [-0.39, 0.29) is 5.78 Å². The van der Waals surface area contributed by atoms with Crippen molar-refractivity contribution in [2.75, 3.05) is 6.61 Å². The fraction of sp³-hybridized carbons (Fsp3) is 0.500. The van der Waals surface area contributed by atoms with Crippen LogP contribution < -0.4 is 4.74 Å². The zero-order chi connectivity index (χ0) is 11.4. The number of fused-ring (bicyclic) bond motifs is 1. The van der Waals surface area contributed by atoms with Crippen molar-refractivity contribution in [3.05, 3.63) is 29.3 Å². The first-order valence-electron chi connectivity index (χ1n) is 6.11. The zero-order valence-electron chi connectivity index (χ0n) is 9.79. The molecule has 16 heavy (non-hydrogen) atoms. The molecule has 1 aromatic rings. The number of hydrogen-bond donors (Lipinski definition) is 0. The lowest BCUT2D eigenvalue weighted by Gasteiger charge is -2.18. The maximum atomic E-state index is 11.7. The van der Waals surface area contributed by atoms with E-state index in [2.05, 4.69) is 6.92 Å². The van der Waals surface area contributed by atoms with Gasteiger partial charge in [0, 0.05) is 17.5 Å². The number of ether oxygens (including phenoxy) is 1. The highest BCUT2D eigenvalue weighted by Crippen LogP contribution is 2.29. The van der Waals surface area contributed by atoms with Crippen molar-refractivity contribution in [2.24, 2.45) is 0 Å². The molecule has 0 heterocycles. The average molecular weight is 218 g/mol. The third kappa shape index (κ3) is 2.26. The molecule has 2 rings (SSSR count). The van der Waals surface area contributed by atoms with Gasteiger partial charge in [-0.3, -0.25) is 4.79 Å². The molecular formula is C14H18O2. The molecule has 0 saturated carbocycles. The van der Waals surface area contributed by atoms with E-state index in [0.717, 1.165) is 49.2 Å². The van der Waals surface area contributed by atoms with Crippen LogP contribution in [0.4, 0.5) is 0 Å². The van der Waals surface area contributed by atoms with Gasteiger partial charge in [-0.25, -0.2) is 0 Å². The number of ketones is 1. The largest absolute Gasteiger partial charge is 0.493 e. The van der Waals surface area contributed by atoms with Gasteiger partial charge in [0.15, 0.2) is 5.78 Å². The Bertz CT molecular complexity index is 382. The lowest BCUT2D eigenvalue weighted by Crippen LogP contribution is -2.12. The molecule has 0 aromatic heterocycles. The number of unbranched alkanes of at least 4 members (excludes halogenated alkanes) is 1. The molecule has 86 valence electrons. The Balaban J connectivity index is 2.19. The first-order valence-corrected chi connectivity index (χ1v) is 6.11. The molecule has 0 atom stereocenters. The third-order valence-corrected chi connectivity index (χ3v) is 3.02. The van der Waals surface area contributed by atoms with Crippen molar-refractivity contribution in [1.29, 1.82) is 0 Å². The van der Waals surface area contributed by atoms with Gasteiger partial charge in [-0.15, -0.1) is 0 Å². The second kappa shape index (κ2) is 5.15. The molecule has 0 saturated heterocycles. The van der Waals surface area contributed by atoms with Crippen molar-refractivity contribution in [3.8, 4) is 5.75 Å². The smallest absolute Gasteiger partial charge is 0.163 e. The maximum Gasteiger partial charge on any atom is 0.163 e. The average Bonchev–Trinajstić information content (AvgIpc) is 2.31. The molecule has 0 aliphatic heterocycles. The van der Waals surface area contributed by atoms with Gasteiger partial charge in [0.2, 0.25) is 0 Å². The van der Waals surface area contributed by atoms with E-state index in [0.29, 0.717) is 6.42 Å². The minimum atomic E-state index is 0.266. The molecule has 0 radical (unpaired) electrons. The molecule has 1 aliphatic rings. The highest BCUT2D eigenvalue weighted by Gasteiger charge is 2.19. The highest BCUT2D eigenvalue weighted by atomic mass is 16.5. The van der Waals surface area contributed by atoms with Crippen molar-refractivity contribution in [1.82, 2.24) is 0 Å². The van der Waals surface area contributed by atoms with Crippen molar-refractivity contribution < 1.29 is 9.53 Å². The van der Waals surface area contributed by atoms with Crippen LogP contribution in [0.5, 0.6) is 5.75 Å². The van der Waals surface area contributed by atoms with Crippen molar-refractivity contribution >= 4 is 5.78 Å². The summed E-state index contributed by atoms with van der Waals surface area (Å²) in [5.74, 6) is 1.18. The van der Waals surface area contributed by atoms with Gasteiger partial charge in [-0.1, -0.05) is 25.5 Å². The molecule has 0 fully saturated rings. The molecule has 0 bridgehead atoms. The topological polar surface area (TPSA) is 26.3 Å². The summed E-state index contributed by atoms with van der Waals surface area (Å²) in [5.41, 5.74) is 2.00. The van der Waals surface area contributed by atoms with Gasteiger partial charge in [0.25, 0.3) is 0 Å².